The van der Waals surface area contributed by atoms with E-state index in [9.17, 15) is 13.2 Å². The van der Waals surface area contributed by atoms with Gasteiger partial charge in [0.25, 0.3) is 0 Å². The van der Waals surface area contributed by atoms with Crippen LogP contribution in [0.1, 0.15) is 59.3 Å². The number of amides is 1. The zero-order valence-electron chi connectivity index (χ0n) is 15.2. The lowest BCUT2D eigenvalue weighted by Crippen LogP contribution is -2.47. The molecular formula is C19H31NO3S. The fraction of sp³-hybridized carbons (Fsp3) is 0.842. The van der Waals surface area contributed by atoms with Crippen molar-refractivity contribution in [3.8, 4) is 0 Å². The molecule has 136 valence electrons. The van der Waals surface area contributed by atoms with Crippen molar-refractivity contribution in [1.82, 2.24) is 5.32 Å². The molecule has 0 aromatic heterocycles. The molecule has 4 saturated carbocycles. The highest BCUT2D eigenvalue weighted by molar-refractivity contribution is 7.91. The maximum atomic E-state index is 12.3. The molecule has 4 aliphatic carbocycles. The summed E-state index contributed by atoms with van der Waals surface area (Å²) in [5.41, 5.74) is 1.45. The van der Waals surface area contributed by atoms with Gasteiger partial charge in [0.05, 0.1) is 5.75 Å². The van der Waals surface area contributed by atoms with Crippen LogP contribution in [0.25, 0.3) is 0 Å². The SMILES string of the molecule is CCS(=O)(=O)CC(C)NC(=O)/C=C(/C)C12CC3CC(CC(C3)C1)C2. The van der Waals surface area contributed by atoms with Crippen LogP contribution < -0.4 is 5.32 Å². The van der Waals surface area contributed by atoms with Crippen LogP contribution in [0.3, 0.4) is 0 Å². The summed E-state index contributed by atoms with van der Waals surface area (Å²) >= 11 is 0. The summed E-state index contributed by atoms with van der Waals surface area (Å²) < 4.78 is 23.4. The molecule has 5 heteroatoms. The van der Waals surface area contributed by atoms with Crippen molar-refractivity contribution in [3.63, 3.8) is 0 Å². The van der Waals surface area contributed by atoms with Crippen molar-refractivity contribution in [3.05, 3.63) is 11.6 Å². The molecule has 4 aliphatic rings. The summed E-state index contributed by atoms with van der Waals surface area (Å²) in [6.45, 7) is 5.51. The minimum absolute atomic E-state index is 0.0134. The Labute approximate surface area is 146 Å². The minimum atomic E-state index is -3.07. The van der Waals surface area contributed by atoms with Crippen LogP contribution in [0.15, 0.2) is 11.6 Å². The van der Waals surface area contributed by atoms with Gasteiger partial charge in [-0.15, -0.1) is 0 Å². The molecule has 0 spiro atoms. The van der Waals surface area contributed by atoms with Crippen LogP contribution >= 0.6 is 0 Å². The zero-order valence-corrected chi connectivity index (χ0v) is 16.0. The van der Waals surface area contributed by atoms with Crippen LogP contribution in [0.5, 0.6) is 0 Å². The highest BCUT2D eigenvalue weighted by atomic mass is 32.2. The first kappa shape index (κ1) is 18.0. The lowest BCUT2D eigenvalue weighted by atomic mass is 9.48. The van der Waals surface area contributed by atoms with Crippen LogP contribution in [-0.2, 0) is 14.6 Å². The maximum Gasteiger partial charge on any atom is 0.244 e. The van der Waals surface area contributed by atoms with E-state index in [-0.39, 0.29) is 28.9 Å². The van der Waals surface area contributed by atoms with Crippen molar-refractivity contribution in [2.45, 2.75) is 65.3 Å². The minimum Gasteiger partial charge on any atom is -0.349 e. The van der Waals surface area contributed by atoms with Crippen molar-refractivity contribution in [1.29, 1.82) is 0 Å². The molecule has 24 heavy (non-hydrogen) atoms. The predicted octanol–water partition coefficient (Wildman–Crippen LogP) is 3.09. The first-order valence-electron chi connectivity index (χ1n) is 9.41. The Morgan fingerprint density at radius 3 is 2.12 bits per heavy atom. The summed E-state index contributed by atoms with van der Waals surface area (Å²) in [6.07, 6.45) is 9.67. The Kier molecular flexibility index (Phi) is 4.84. The van der Waals surface area contributed by atoms with Gasteiger partial charge in [0.2, 0.25) is 5.91 Å². The monoisotopic (exact) mass is 353 g/mol. The molecule has 0 aromatic carbocycles. The summed E-state index contributed by atoms with van der Waals surface area (Å²) in [5.74, 6) is 2.57. The molecule has 1 amide bonds. The van der Waals surface area contributed by atoms with E-state index >= 15 is 0 Å². The first-order valence-corrected chi connectivity index (χ1v) is 11.2. The Morgan fingerprint density at radius 1 is 1.17 bits per heavy atom. The van der Waals surface area contributed by atoms with Gasteiger partial charge in [-0.1, -0.05) is 12.5 Å². The summed E-state index contributed by atoms with van der Waals surface area (Å²) in [4.78, 5) is 12.3. The number of hydrogen-bond acceptors (Lipinski definition) is 3. The molecule has 0 aromatic rings. The van der Waals surface area contributed by atoms with Gasteiger partial charge in [0.15, 0.2) is 9.84 Å². The van der Waals surface area contributed by atoms with Gasteiger partial charge in [0, 0.05) is 17.9 Å². The second-order valence-electron chi connectivity index (χ2n) is 8.63. The molecule has 0 radical (unpaired) electrons. The molecular weight excluding hydrogens is 322 g/mol. The molecule has 0 saturated heterocycles. The summed E-state index contributed by atoms with van der Waals surface area (Å²) in [7, 11) is -3.07. The van der Waals surface area contributed by atoms with E-state index in [2.05, 4.69) is 12.2 Å². The Balaban J connectivity index is 1.64. The van der Waals surface area contributed by atoms with E-state index < -0.39 is 9.84 Å². The van der Waals surface area contributed by atoms with Crippen LogP contribution in [-0.4, -0.2) is 31.9 Å². The molecule has 1 atom stereocenters. The number of rotatable bonds is 6. The molecule has 1 unspecified atom stereocenters. The van der Waals surface area contributed by atoms with E-state index in [1.807, 2.05) is 0 Å². The summed E-state index contributed by atoms with van der Waals surface area (Å²) in [6, 6.07) is -0.345. The molecule has 0 aliphatic heterocycles. The summed E-state index contributed by atoms with van der Waals surface area (Å²) in [5, 5.41) is 2.84. The Hall–Kier alpha value is -0.840. The average molecular weight is 354 g/mol. The Bertz CT molecular complexity index is 600. The number of sulfone groups is 1. The normalized spacial score (nSPS) is 36.6. The molecule has 4 rings (SSSR count). The van der Waals surface area contributed by atoms with Crippen molar-refractivity contribution in [2.24, 2.45) is 23.2 Å². The molecule has 0 heterocycles. The van der Waals surface area contributed by atoms with Gasteiger partial charge in [-0.25, -0.2) is 8.42 Å². The second-order valence-corrected chi connectivity index (χ2v) is 11.0. The van der Waals surface area contributed by atoms with Gasteiger partial charge >= 0.3 is 0 Å². The lowest BCUT2D eigenvalue weighted by Gasteiger charge is -2.57. The van der Waals surface area contributed by atoms with E-state index in [4.69, 9.17) is 0 Å². The largest absolute Gasteiger partial charge is 0.349 e. The third kappa shape index (κ3) is 3.71. The first-order chi connectivity index (χ1) is 11.2. The zero-order chi connectivity index (χ0) is 17.5. The van der Waals surface area contributed by atoms with E-state index in [0.717, 1.165) is 17.8 Å². The maximum absolute atomic E-state index is 12.3. The number of hydrogen-bond donors (Lipinski definition) is 1. The van der Waals surface area contributed by atoms with E-state index in [1.165, 1.54) is 44.1 Å². The van der Waals surface area contributed by atoms with Gasteiger partial charge in [0.1, 0.15) is 0 Å². The second kappa shape index (κ2) is 6.47. The third-order valence-corrected chi connectivity index (χ3v) is 8.44. The fourth-order valence-electron chi connectivity index (χ4n) is 5.77. The predicted molar refractivity (Wildman–Crippen MR) is 96.3 cm³/mol. The standard InChI is InChI=1S/C19H31NO3S/c1-4-24(22,23)12-14(3)20-18(21)5-13(2)19-9-15-6-16(10-19)8-17(7-15)11-19/h5,14-17H,4,6-12H2,1-3H3,(H,20,21)/b13-5-. The smallest absolute Gasteiger partial charge is 0.244 e. The molecule has 4 nitrogen and oxygen atoms in total. The molecule has 1 N–H and O–H groups in total. The van der Waals surface area contributed by atoms with E-state index in [1.54, 1.807) is 19.9 Å². The number of allylic oxidation sites excluding steroid dienone is 1. The van der Waals surface area contributed by atoms with Crippen molar-refractivity contribution < 1.29 is 13.2 Å². The Morgan fingerprint density at radius 2 is 1.67 bits per heavy atom. The average Bonchev–Trinajstić information content (AvgIpc) is 2.44. The van der Waals surface area contributed by atoms with Gasteiger partial charge in [-0.3, -0.25) is 4.79 Å². The molecule has 4 bridgehead atoms. The number of nitrogens with one attached hydrogen (secondary N) is 1. The number of carbonyl (C=O) groups excluding carboxylic acids is 1. The third-order valence-electron chi connectivity index (χ3n) is 6.55. The van der Waals surface area contributed by atoms with Crippen LogP contribution in [0, 0.1) is 23.2 Å². The van der Waals surface area contributed by atoms with Crippen molar-refractivity contribution >= 4 is 15.7 Å². The van der Waals surface area contributed by atoms with Crippen LogP contribution in [0.4, 0.5) is 0 Å². The van der Waals surface area contributed by atoms with Gasteiger partial charge in [-0.2, -0.15) is 0 Å². The van der Waals surface area contributed by atoms with Gasteiger partial charge in [-0.05, 0) is 75.5 Å². The van der Waals surface area contributed by atoms with Crippen LogP contribution in [0.2, 0.25) is 0 Å². The number of carbonyl (C=O) groups is 1. The van der Waals surface area contributed by atoms with E-state index in [0.29, 0.717) is 0 Å². The quantitative estimate of drug-likeness (QED) is 0.746. The van der Waals surface area contributed by atoms with Crippen molar-refractivity contribution in [2.75, 3.05) is 11.5 Å². The lowest BCUT2D eigenvalue weighted by molar-refractivity contribution is -0.117. The molecule has 4 fully saturated rings. The highest BCUT2D eigenvalue weighted by Crippen LogP contribution is 2.62. The topological polar surface area (TPSA) is 63.2 Å². The fourth-order valence-corrected chi connectivity index (χ4v) is 6.85. The van der Waals surface area contributed by atoms with Gasteiger partial charge < -0.3 is 5.32 Å². The highest BCUT2D eigenvalue weighted by Gasteiger charge is 2.51.